The Labute approximate surface area is 161 Å². The van der Waals surface area contributed by atoms with Crippen molar-refractivity contribution in [2.24, 2.45) is 0 Å². The van der Waals surface area contributed by atoms with E-state index < -0.39 is 5.82 Å². The zero-order valence-corrected chi connectivity index (χ0v) is 15.0. The minimum Gasteiger partial charge on any atom is -0.437 e. The minimum absolute atomic E-state index is 0.373. The molecule has 3 aromatic heterocycles. The van der Waals surface area contributed by atoms with Gasteiger partial charge in [0.2, 0.25) is 5.88 Å². The molecule has 0 unspecified atom stereocenters. The lowest BCUT2D eigenvalue weighted by Crippen LogP contribution is -1.96. The third-order valence-corrected chi connectivity index (χ3v) is 4.08. The molecule has 0 bridgehead atoms. The van der Waals surface area contributed by atoms with E-state index in [9.17, 15) is 4.39 Å². The van der Waals surface area contributed by atoms with Crippen LogP contribution in [-0.4, -0.2) is 27.0 Å². The molecule has 0 spiro atoms. The highest BCUT2D eigenvalue weighted by Gasteiger charge is 2.13. The van der Waals surface area contributed by atoms with Gasteiger partial charge in [0.1, 0.15) is 17.4 Å². The molecular formula is C21H16FN5O. The lowest BCUT2D eigenvalue weighted by molar-refractivity contribution is 0.463. The van der Waals surface area contributed by atoms with E-state index in [-0.39, 0.29) is 0 Å². The smallest absolute Gasteiger partial charge is 0.227 e. The Morgan fingerprint density at radius 3 is 2.50 bits per heavy atom. The quantitative estimate of drug-likeness (QED) is 0.552. The fourth-order valence-electron chi connectivity index (χ4n) is 2.70. The lowest BCUT2D eigenvalue weighted by atomic mass is 10.0. The molecule has 0 radical (unpaired) electrons. The highest BCUT2D eigenvalue weighted by Crippen LogP contribution is 2.33. The van der Waals surface area contributed by atoms with Gasteiger partial charge in [-0.15, -0.1) is 0 Å². The van der Waals surface area contributed by atoms with Crippen molar-refractivity contribution >= 4 is 5.82 Å². The second kappa shape index (κ2) is 7.79. The number of benzene rings is 1. The minimum atomic E-state index is -0.403. The van der Waals surface area contributed by atoms with Gasteiger partial charge in [0.05, 0.1) is 24.3 Å². The van der Waals surface area contributed by atoms with Crippen LogP contribution in [0.4, 0.5) is 10.2 Å². The SMILES string of the molecule is CNc1cnc(-c2ccc(-c3cccnc3Oc3cccnc3)cc2F)cn1. The van der Waals surface area contributed by atoms with E-state index in [4.69, 9.17) is 4.74 Å². The molecule has 0 aliphatic rings. The standard InChI is InChI=1S/C21H16FN5O/c1-23-20-13-26-19(12-27-20)17-7-6-14(10-18(17)22)16-5-3-9-25-21(16)28-15-4-2-8-24-11-15/h2-13H,1H3,(H,23,27). The average Bonchev–Trinajstić information content (AvgIpc) is 2.75. The molecule has 28 heavy (non-hydrogen) atoms. The van der Waals surface area contributed by atoms with Crippen LogP contribution in [0.15, 0.2) is 73.4 Å². The summed E-state index contributed by atoms with van der Waals surface area (Å²) < 4.78 is 20.6. The van der Waals surface area contributed by atoms with Gasteiger partial charge in [0.15, 0.2) is 0 Å². The van der Waals surface area contributed by atoms with Crippen LogP contribution in [0.25, 0.3) is 22.4 Å². The van der Waals surface area contributed by atoms with Crippen molar-refractivity contribution in [2.45, 2.75) is 0 Å². The van der Waals surface area contributed by atoms with Gasteiger partial charge in [-0.25, -0.2) is 14.4 Å². The number of nitrogens with one attached hydrogen (secondary N) is 1. The van der Waals surface area contributed by atoms with E-state index in [2.05, 4.69) is 25.3 Å². The lowest BCUT2D eigenvalue weighted by Gasteiger charge is -2.11. The summed E-state index contributed by atoms with van der Waals surface area (Å²) in [5.74, 6) is 1.15. The Hall–Kier alpha value is -3.87. The van der Waals surface area contributed by atoms with E-state index in [0.29, 0.717) is 39.8 Å². The molecule has 0 saturated carbocycles. The third-order valence-electron chi connectivity index (χ3n) is 4.08. The van der Waals surface area contributed by atoms with Gasteiger partial charge in [-0.1, -0.05) is 6.07 Å². The van der Waals surface area contributed by atoms with Gasteiger partial charge in [-0.2, -0.15) is 0 Å². The normalized spacial score (nSPS) is 10.5. The first-order chi connectivity index (χ1) is 13.7. The number of nitrogens with zero attached hydrogens (tertiary/aromatic N) is 4. The summed E-state index contributed by atoms with van der Waals surface area (Å²) >= 11 is 0. The topological polar surface area (TPSA) is 72.8 Å². The van der Waals surface area contributed by atoms with Gasteiger partial charge >= 0.3 is 0 Å². The van der Waals surface area contributed by atoms with E-state index >= 15 is 0 Å². The van der Waals surface area contributed by atoms with E-state index in [0.717, 1.165) is 0 Å². The van der Waals surface area contributed by atoms with Crippen LogP contribution >= 0.6 is 0 Å². The number of hydrogen-bond donors (Lipinski definition) is 1. The predicted octanol–water partition coefficient (Wildman–Crippen LogP) is 4.57. The first-order valence-electron chi connectivity index (χ1n) is 8.57. The fraction of sp³-hybridized carbons (Fsp3) is 0.0476. The first-order valence-corrected chi connectivity index (χ1v) is 8.57. The fourth-order valence-corrected chi connectivity index (χ4v) is 2.70. The number of hydrogen-bond acceptors (Lipinski definition) is 6. The predicted molar refractivity (Wildman–Crippen MR) is 105 cm³/mol. The van der Waals surface area contributed by atoms with Crippen molar-refractivity contribution in [1.82, 2.24) is 19.9 Å². The first kappa shape index (κ1) is 17.5. The van der Waals surface area contributed by atoms with Crippen LogP contribution in [0.3, 0.4) is 0 Å². The van der Waals surface area contributed by atoms with Crippen molar-refractivity contribution in [3.63, 3.8) is 0 Å². The van der Waals surface area contributed by atoms with Crippen molar-refractivity contribution in [3.05, 3.63) is 79.3 Å². The molecule has 0 saturated heterocycles. The Balaban J connectivity index is 1.68. The Morgan fingerprint density at radius 2 is 1.79 bits per heavy atom. The molecule has 0 aliphatic heterocycles. The maximum Gasteiger partial charge on any atom is 0.227 e. The van der Waals surface area contributed by atoms with E-state index in [1.807, 2.05) is 6.07 Å². The molecule has 1 N–H and O–H groups in total. The second-order valence-corrected chi connectivity index (χ2v) is 5.88. The summed E-state index contributed by atoms with van der Waals surface area (Å²) in [4.78, 5) is 16.7. The van der Waals surface area contributed by atoms with E-state index in [1.165, 1.54) is 12.3 Å². The van der Waals surface area contributed by atoms with Crippen molar-refractivity contribution in [1.29, 1.82) is 0 Å². The largest absolute Gasteiger partial charge is 0.437 e. The average molecular weight is 373 g/mol. The van der Waals surface area contributed by atoms with Crippen LogP contribution in [-0.2, 0) is 0 Å². The van der Waals surface area contributed by atoms with Crippen LogP contribution in [0.2, 0.25) is 0 Å². The van der Waals surface area contributed by atoms with Crippen LogP contribution in [0.5, 0.6) is 11.6 Å². The molecular weight excluding hydrogens is 357 g/mol. The molecule has 138 valence electrons. The maximum absolute atomic E-state index is 14.8. The summed E-state index contributed by atoms with van der Waals surface area (Å²) in [6.07, 6.45) is 7.97. The summed E-state index contributed by atoms with van der Waals surface area (Å²) in [5, 5.41) is 2.88. The van der Waals surface area contributed by atoms with Crippen molar-refractivity contribution < 1.29 is 9.13 Å². The Kier molecular flexibility index (Phi) is 4.88. The molecule has 7 heteroatoms. The number of ether oxygens (including phenoxy) is 1. The van der Waals surface area contributed by atoms with Crippen LogP contribution in [0.1, 0.15) is 0 Å². The summed E-state index contributed by atoms with van der Waals surface area (Å²) in [6.45, 7) is 0. The number of anilines is 1. The Bertz CT molecular complexity index is 1090. The number of aromatic nitrogens is 4. The van der Waals surface area contributed by atoms with Crippen molar-refractivity contribution in [2.75, 3.05) is 12.4 Å². The number of pyridine rings is 2. The Morgan fingerprint density at radius 1 is 0.893 bits per heavy atom. The molecule has 0 fully saturated rings. The molecule has 0 amide bonds. The second-order valence-electron chi connectivity index (χ2n) is 5.88. The highest BCUT2D eigenvalue weighted by atomic mass is 19.1. The summed E-state index contributed by atoms with van der Waals surface area (Å²) in [6, 6.07) is 12.1. The maximum atomic E-state index is 14.8. The highest BCUT2D eigenvalue weighted by molar-refractivity contribution is 5.72. The monoisotopic (exact) mass is 373 g/mol. The summed E-state index contributed by atoms with van der Waals surface area (Å²) in [5.41, 5.74) is 2.15. The molecule has 0 aliphatic carbocycles. The van der Waals surface area contributed by atoms with E-state index in [1.54, 1.807) is 62.2 Å². The van der Waals surface area contributed by atoms with Crippen molar-refractivity contribution in [3.8, 4) is 34.0 Å². The molecule has 6 nitrogen and oxygen atoms in total. The zero-order valence-electron chi connectivity index (χ0n) is 15.0. The van der Waals surface area contributed by atoms with Gasteiger partial charge in [0.25, 0.3) is 0 Å². The van der Waals surface area contributed by atoms with Crippen LogP contribution < -0.4 is 10.1 Å². The third kappa shape index (κ3) is 3.64. The molecule has 4 rings (SSSR count). The van der Waals surface area contributed by atoms with Crippen LogP contribution in [0, 0.1) is 5.82 Å². The molecule has 3 heterocycles. The molecule has 4 aromatic rings. The van der Waals surface area contributed by atoms with Gasteiger partial charge in [0, 0.05) is 30.6 Å². The summed E-state index contributed by atoms with van der Waals surface area (Å²) in [7, 11) is 1.75. The number of rotatable bonds is 5. The van der Waals surface area contributed by atoms with Gasteiger partial charge < -0.3 is 10.1 Å². The zero-order chi connectivity index (χ0) is 19.3. The number of halogens is 1. The van der Waals surface area contributed by atoms with Gasteiger partial charge in [-0.05, 0) is 42.0 Å². The molecule has 1 aromatic carbocycles. The van der Waals surface area contributed by atoms with Gasteiger partial charge in [-0.3, -0.25) is 9.97 Å². The molecule has 0 atom stereocenters.